The highest BCUT2D eigenvalue weighted by Gasteiger charge is 2.24. The maximum absolute atomic E-state index is 11.8. The predicted octanol–water partition coefficient (Wildman–Crippen LogP) is 2.14. The van der Waals surface area contributed by atoms with Crippen molar-refractivity contribution in [1.82, 2.24) is 4.98 Å². The smallest absolute Gasteiger partial charge is 0.183 e. The number of nitrogens with zero attached hydrogens (tertiary/aromatic N) is 1. The van der Waals surface area contributed by atoms with Gasteiger partial charge in [0.2, 0.25) is 0 Å². The number of pyridine rings is 1. The predicted molar refractivity (Wildman–Crippen MR) is 56.6 cm³/mol. The molecule has 0 aliphatic heterocycles. The van der Waals surface area contributed by atoms with Gasteiger partial charge in [0.15, 0.2) is 9.84 Å². The second-order valence-electron chi connectivity index (χ2n) is 2.82. The molecule has 0 saturated heterocycles. The minimum atomic E-state index is -3.42. The molecular formula is C8H9Cl2NO2S. The summed E-state index contributed by atoms with van der Waals surface area (Å²) in [5, 5.41) is -0.520. The number of hydrogen-bond donors (Lipinski definition) is 0. The van der Waals surface area contributed by atoms with E-state index in [4.69, 9.17) is 23.2 Å². The lowest BCUT2D eigenvalue weighted by molar-refractivity contribution is 0.588. The Kier molecular flexibility index (Phi) is 3.75. The molecule has 0 spiro atoms. The first kappa shape index (κ1) is 11.8. The van der Waals surface area contributed by atoms with Gasteiger partial charge in [0.25, 0.3) is 0 Å². The number of rotatable bonds is 3. The van der Waals surface area contributed by atoms with E-state index in [0.29, 0.717) is 0 Å². The third-order valence-electron chi connectivity index (χ3n) is 1.79. The summed E-state index contributed by atoms with van der Waals surface area (Å²) >= 11 is 11.2. The number of sulfone groups is 1. The number of hydrogen-bond acceptors (Lipinski definition) is 3. The van der Waals surface area contributed by atoms with Crippen molar-refractivity contribution in [2.75, 3.05) is 5.88 Å². The van der Waals surface area contributed by atoms with E-state index in [1.807, 2.05) is 0 Å². The Balaban J connectivity index is 3.24. The molecule has 0 radical (unpaired) electrons. The molecule has 0 aliphatic rings. The molecule has 1 unspecified atom stereocenters. The molecule has 1 heterocycles. The zero-order chi connectivity index (χ0) is 10.8. The summed E-state index contributed by atoms with van der Waals surface area (Å²) in [5.74, 6) is 0.0426. The van der Waals surface area contributed by atoms with Crippen molar-refractivity contribution in [3.05, 3.63) is 23.5 Å². The molecule has 1 aromatic heterocycles. The number of alkyl halides is 1. The van der Waals surface area contributed by atoms with Crippen LogP contribution in [0, 0.1) is 0 Å². The Bertz CT molecular complexity index is 419. The molecule has 6 heteroatoms. The van der Waals surface area contributed by atoms with Crippen LogP contribution >= 0.6 is 23.2 Å². The quantitative estimate of drug-likeness (QED) is 0.776. The molecule has 0 aromatic carbocycles. The number of halogens is 2. The largest absolute Gasteiger partial charge is 0.263 e. The lowest BCUT2D eigenvalue weighted by Gasteiger charge is -2.10. The molecule has 0 amide bonds. The van der Waals surface area contributed by atoms with Crippen LogP contribution in [0.25, 0.3) is 0 Å². The first-order valence-corrected chi connectivity index (χ1v) is 6.35. The first-order chi connectivity index (χ1) is 6.50. The van der Waals surface area contributed by atoms with Crippen molar-refractivity contribution >= 4 is 33.0 Å². The fourth-order valence-electron chi connectivity index (χ4n) is 0.893. The van der Waals surface area contributed by atoms with Crippen LogP contribution in [0.1, 0.15) is 6.92 Å². The summed E-state index contributed by atoms with van der Waals surface area (Å²) in [7, 11) is -3.42. The molecule has 78 valence electrons. The molecule has 0 fully saturated rings. The van der Waals surface area contributed by atoms with E-state index in [9.17, 15) is 8.42 Å². The van der Waals surface area contributed by atoms with Gasteiger partial charge >= 0.3 is 0 Å². The third kappa shape index (κ3) is 2.19. The summed E-state index contributed by atoms with van der Waals surface area (Å²) in [5.41, 5.74) is 0. The van der Waals surface area contributed by atoms with Gasteiger partial charge in [0, 0.05) is 18.3 Å². The first-order valence-electron chi connectivity index (χ1n) is 3.89. The van der Waals surface area contributed by atoms with Gasteiger partial charge in [-0.25, -0.2) is 8.42 Å². The molecular weight excluding hydrogens is 245 g/mol. The molecule has 0 N–H and O–H groups in total. The van der Waals surface area contributed by atoms with E-state index in [0.717, 1.165) is 0 Å². The fourth-order valence-corrected chi connectivity index (χ4v) is 3.01. The van der Waals surface area contributed by atoms with Gasteiger partial charge in [0.1, 0.15) is 0 Å². The van der Waals surface area contributed by atoms with Gasteiger partial charge in [-0.3, -0.25) is 4.98 Å². The molecule has 3 nitrogen and oxygen atoms in total. The van der Waals surface area contributed by atoms with Crippen LogP contribution in [-0.4, -0.2) is 24.5 Å². The van der Waals surface area contributed by atoms with Gasteiger partial charge in [-0.15, -0.1) is 11.6 Å². The maximum atomic E-state index is 11.8. The van der Waals surface area contributed by atoms with Gasteiger partial charge in [0.05, 0.1) is 15.2 Å². The van der Waals surface area contributed by atoms with E-state index in [-0.39, 0.29) is 15.8 Å². The SMILES string of the molecule is CC(CCl)S(=O)(=O)c1ccncc1Cl. The lowest BCUT2D eigenvalue weighted by atomic mass is 10.5. The third-order valence-corrected chi connectivity index (χ3v) is 5.04. The second kappa shape index (κ2) is 4.47. The fraction of sp³-hybridized carbons (Fsp3) is 0.375. The van der Waals surface area contributed by atoms with Gasteiger partial charge in [-0.2, -0.15) is 0 Å². The molecule has 1 atom stereocenters. The standard InChI is InChI=1S/C8H9Cl2NO2S/c1-6(4-9)14(12,13)8-2-3-11-5-7(8)10/h2-3,5-6H,4H2,1H3. The molecule has 0 aliphatic carbocycles. The molecule has 0 saturated carbocycles. The maximum Gasteiger partial charge on any atom is 0.183 e. The van der Waals surface area contributed by atoms with Crippen LogP contribution in [0.3, 0.4) is 0 Å². The van der Waals surface area contributed by atoms with Crippen LogP contribution in [-0.2, 0) is 9.84 Å². The van der Waals surface area contributed by atoms with Crippen LogP contribution < -0.4 is 0 Å². The highest BCUT2D eigenvalue weighted by atomic mass is 35.5. The average Bonchev–Trinajstić information content (AvgIpc) is 2.17. The highest BCUT2D eigenvalue weighted by molar-refractivity contribution is 7.92. The second-order valence-corrected chi connectivity index (χ2v) is 5.87. The van der Waals surface area contributed by atoms with E-state index < -0.39 is 15.1 Å². The normalized spacial score (nSPS) is 13.9. The monoisotopic (exact) mass is 253 g/mol. The van der Waals surface area contributed by atoms with Crippen molar-refractivity contribution in [1.29, 1.82) is 0 Å². The molecule has 1 aromatic rings. The van der Waals surface area contributed by atoms with Crippen LogP contribution in [0.15, 0.2) is 23.4 Å². The Morgan fingerprint density at radius 1 is 1.57 bits per heavy atom. The molecule has 1 rings (SSSR count). The van der Waals surface area contributed by atoms with Crippen LogP contribution in [0.4, 0.5) is 0 Å². The minimum Gasteiger partial charge on any atom is -0.263 e. The van der Waals surface area contributed by atoms with Crippen molar-refractivity contribution in [3.8, 4) is 0 Å². The summed E-state index contributed by atoms with van der Waals surface area (Å²) in [6.45, 7) is 1.54. The van der Waals surface area contributed by atoms with Gasteiger partial charge in [-0.05, 0) is 13.0 Å². The van der Waals surface area contributed by atoms with E-state index in [1.165, 1.54) is 18.5 Å². The molecule has 14 heavy (non-hydrogen) atoms. The lowest BCUT2D eigenvalue weighted by Crippen LogP contribution is -2.19. The van der Waals surface area contributed by atoms with E-state index >= 15 is 0 Å². The summed E-state index contributed by atoms with van der Waals surface area (Å²) in [6.07, 6.45) is 2.69. The Hall–Kier alpha value is -0.320. The van der Waals surface area contributed by atoms with Gasteiger partial charge in [-0.1, -0.05) is 11.6 Å². The zero-order valence-corrected chi connectivity index (χ0v) is 9.77. The van der Waals surface area contributed by atoms with E-state index in [1.54, 1.807) is 6.92 Å². The van der Waals surface area contributed by atoms with Crippen LogP contribution in [0.2, 0.25) is 5.02 Å². The average molecular weight is 254 g/mol. The van der Waals surface area contributed by atoms with Crippen molar-refractivity contribution in [2.45, 2.75) is 17.1 Å². The van der Waals surface area contributed by atoms with Crippen LogP contribution in [0.5, 0.6) is 0 Å². The Labute approximate surface area is 93.0 Å². The molecule has 0 bridgehead atoms. The van der Waals surface area contributed by atoms with E-state index in [2.05, 4.69) is 4.98 Å². The summed E-state index contributed by atoms with van der Waals surface area (Å²) in [4.78, 5) is 3.80. The van der Waals surface area contributed by atoms with Crippen molar-refractivity contribution < 1.29 is 8.42 Å². The number of aromatic nitrogens is 1. The zero-order valence-electron chi connectivity index (χ0n) is 7.44. The van der Waals surface area contributed by atoms with Gasteiger partial charge < -0.3 is 0 Å². The summed E-state index contributed by atoms with van der Waals surface area (Å²) in [6, 6.07) is 1.38. The highest BCUT2D eigenvalue weighted by Crippen LogP contribution is 2.23. The van der Waals surface area contributed by atoms with Crippen molar-refractivity contribution in [3.63, 3.8) is 0 Å². The van der Waals surface area contributed by atoms with Crippen molar-refractivity contribution in [2.24, 2.45) is 0 Å². The minimum absolute atomic E-state index is 0.0426. The Morgan fingerprint density at radius 2 is 2.21 bits per heavy atom. The topological polar surface area (TPSA) is 47.0 Å². The summed E-state index contributed by atoms with van der Waals surface area (Å²) < 4.78 is 23.6. The Morgan fingerprint density at radius 3 is 2.71 bits per heavy atom.